The van der Waals surface area contributed by atoms with Gasteiger partial charge in [-0.15, -0.1) is 13.2 Å². The van der Waals surface area contributed by atoms with Gasteiger partial charge in [-0.2, -0.15) is 0 Å². The molecule has 0 atom stereocenters. The first-order chi connectivity index (χ1) is 17.7. The van der Waals surface area contributed by atoms with Crippen LogP contribution >= 0.6 is 0 Å². The largest absolute Gasteiger partial charge is 0.573 e. The molecule has 0 unspecified atom stereocenters. The Balaban J connectivity index is 1.67. The summed E-state index contributed by atoms with van der Waals surface area (Å²) in [5, 5.41) is 0. The summed E-state index contributed by atoms with van der Waals surface area (Å²) in [5.74, 6) is -0.302. The molecule has 0 aliphatic carbocycles. The second-order valence-electron chi connectivity index (χ2n) is 9.75. The number of rotatable bonds is 6. The SMILES string of the molecule is Cc1cc(-c2ccc(OC(F)(F)F)cc2)cc(-c2cccc(-c3cccc(S(=O)(=O)NC(C)(C)C)c3)n2)n1. The number of aromatic nitrogens is 2. The minimum atomic E-state index is -4.76. The van der Waals surface area contributed by atoms with Crippen LogP contribution in [0.5, 0.6) is 5.75 Å². The molecular formula is C28H26F3N3O3S. The number of nitrogens with one attached hydrogen (secondary N) is 1. The zero-order valence-corrected chi connectivity index (χ0v) is 22.0. The highest BCUT2D eigenvalue weighted by Crippen LogP contribution is 2.30. The molecule has 198 valence electrons. The van der Waals surface area contributed by atoms with E-state index >= 15 is 0 Å². The minimum absolute atomic E-state index is 0.131. The van der Waals surface area contributed by atoms with E-state index in [0.29, 0.717) is 33.9 Å². The van der Waals surface area contributed by atoms with Crippen molar-refractivity contribution in [2.75, 3.05) is 0 Å². The zero-order chi connectivity index (χ0) is 27.7. The summed E-state index contributed by atoms with van der Waals surface area (Å²) in [5.41, 5.74) is 3.81. The molecule has 4 rings (SSSR count). The van der Waals surface area contributed by atoms with E-state index in [9.17, 15) is 21.6 Å². The summed E-state index contributed by atoms with van der Waals surface area (Å²) in [6.45, 7) is 7.13. The van der Waals surface area contributed by atoms with Crippen molar-refractivity contribution >= 4 is 10.0 Å². The Morgan fingerprint density at radius 1 is 0.737 bits per heavy atom. The van der Waals surface area contributed by atoms with E-state index in [1.165, 1.54) is 18.2 Å². The molecule has 38 heavy (non-hydrogen) atoms. The van der Waals surface area contributed by atoms with Crippen LogP contribution in [0, 0.1) is 6.92 Å². The van der Waals surface area contributed by atoms with E-state index in [2.05, 4.69) is 14.4 Å². The molecule has 4 aromatic rings. The van der Waals surface area contributed by atoms with Crippen molar-refractivity contribution in [3.8, 4) is 39.5 Å². The molecular weight excluding hydrogens is 515 g/mol. The van der Waals surface area contributed by atoms with Crippen molar-refractivity contribution in [1.29, 1.82) is 0 Å². The summed E-state index contributed by atoms with van der Waals surface area (Å²) >= 11 is 0. The number of hydrogen-bond acceptors (Lipinski definition) is 5. The molecule has 0 aliphatic rings. The van der Waals surface area contributed by atoms with Gasteiger partial charge in [0.2, 0.25) is 10.0 Å². The maximum Gasteiger partial charge on any atom is 0.573 e. The Bertz CT molecular complexity index is 1560. The van der Waals surface area contributed by atoms with E-state index in [1.54, 1.807) is 75.4 Å². The van der Waals surface area contributed by atoms with E-state index in [1.807, 2.05) is 13.0 Å². The van der Waals surface area contributed by atoms with Crippen molar-refractivity contribution in [2.45, 2.75) is 44.5 Å². The van der Waals surface area contributed by atoms with Crippen molar-refractivity contribution in [3.05, 3.63) is 84.6 Å². The maximum atomic E-state index is 12.8. The van der Waals surface area contributed by atoms with Crippen LogP contribution in [-0.4, -0.2) is 30.3 Å². The third-order valence-corrected chi connectivity index (χ3v) is 7.02. The number of benzene rings is 2. The molecule has 2 aromatic carbocycles. The molecule has 0 aliphatic heterocycles. The molecule has 0 saturated heterocycles. The van der Waals surface area contributed by atoms with Crippen LogP contribution in [0.3, 0.4) is 0 Å². The molecule has 0 saturated carbocycles. The third-order valence-electron chi connectivity index (χ3n) is 5.27. The number of nitrogens with zero attached hydrogens (tertiary/aromatic N) is 2. The number of halogens is 3. The fraction of sp³-hybridized carbons (Fsp3) is 0.214. The van der Waals surface area contributed by atoms with Crippen LogP contribution in [0.2, 0.25) is 0 Å². The number of hydrogen-bond donors (Lipinski definition) is 1. The van der Waals surface area contributed by atoms with Crippen LogP contribution in [0.15, 0.2) is 83.8 Å². The van der Waals surface area contributed by atoms with Gasteiger partial charge in [-0.3, -0.25) is 4.98 Å². The summed E-state index contributed by atoms with van der Waals surface area (Å²) in [7, 11) is -3.73. The quantitative estimate of drug-likeness (QED) is 0.292. The monoisotopic (exact) mass is 541 g/mol. The van der Waals surface area contributed by atoms with Crippen molar-refractivity contribution in [2.24, 2.45) is 0 Å². The lowest BCUT2D eigenvalue weighted by Gasteiger charge is -2.20. The smallest absolute Gasteiger partial charge is 0.406 e. The zero-order valence-electron chi connectivity index (χ0n) is 21.2. The molecule has 0 bridgehead atoms. The van der Waals surface area contributed by atoms with Gasteiger partial charge in [0.15, 0.2) is 0 Å². The molecule has 0 spiro atoms. The molecule has 1 N–H and O–H groups in total. The Morgan fingerprint density at radius 3 is 2.05 bits per heavy atom. The number of aryl methyl sites for hydroxylation is 1. The van der Waals surface area contributed by atoms with E-state index in [0.717, 1.165) is 5.56 Å². The van der Waals surface area contributed by atoms with Crippen molar-refractivity contribution in [1.82, 2.24) is 14.7 Å². The predicted molar refractivity (Wildman–Crippen MR) is 140 cm³/mol. The van der Waals surface area contributed by atoms with Gasteiger partial charge in [0.1, 0.15) is 5.75 Å². The van der Waals surface area contributed by atoms with Crippen molar-refractivity contribution < 1.29 is 26.3 Å². The summed E-state index contributed by atoms with van der Waals surface area (Å²) in [6.07, 6.45) is -4.76. The van der Waals surface area contributed by atoms with Gasteiger partial charge < -0.3 is 4.74 Å². The van der Waals surface area contributed by atoms with Gasteiger partial charge in [0.05, 0.1) is 22.0 Å². The second kappa shape index (κ2) is 10.2. The lowest BCUT2D eigenvalue weighted by molar-refractivity contribution is -0.274. The van der Waals surface area contributed by atoms with Crippen LogP contribution in [0.1, 0.15) is 26.5 Å². The predicted octanol–water partition coefficient (Wildman–Crippen LogP) is 6.76. The van der Waals surface area contributed by atoms with E-state index < -0.39 is 21.9 Å². The normalized spacial score (nSPS) is 12.4. The fourth-order valence-electron chi connectivity index (χ4n) is 3.84. The lowest BCUT2D eigenvalue weighted by Crippen LogP contribution is -2.40. The molecule has 2 aromatic heterocycles. The summed E-state index contributed by atoms with van der Waals surface area (Å²) < 4.78 is 69.7. The number of sulfonamides is 1. The maximum absolute atomic E-state index is 12.8. The highest BCUT2D eigenvalue weighted by molar-refractivity contribution is 7.89. The van der Waals surface area contributed by atoms with E-state index in [-0.39, 0.29) is 10.6 Å². The summed E-state index contributed by atoms with van der Waals surface area (Å²) in [6, 6.07) is 21.1. The molecule has 6 nitrogen and oxygen atoms in total. The Hall–Kier alpha value is -3.76. The molecule has 10 heteroatoms. The van der Waals surface area contributed by atoms with Crippen LogP contribution < -0.4 is 9.46 Å². The van der Waals surface area contributed by atoms with Crippen LogP contribution in [-0.2, 0) is 10.0 Å². The first-order valence-corrected chi connectivity index (χ1v) is 13.1. The summed E-state index contributed by atoms with van der Waals surface area (Å²) in [4.78, 5) is 9.43. The average Bonchev–Trinajstić information content (AvgIpc) is 2.82. The van der Waals surface area contributed by atoms with Gasteiger partial charge in [0, 0.05) is 16.8 Å². The highest BCUT2D eigenvalue weighted by atomic mass is 32.2. The standard InChI is InChI=1S/C28H26F3N3O3S/c1-18-15-21(19-11-13-22(14-12-19)37-28(29,30)31)17-26(32-18)25-10-6-9-24(33-25)20-7-5-8-23(16-20)38(35,36)34-27(2,3)4/h5-17,34H,1-4H3. The number of ether oxygens (including phenoxy) is 1. The highest BCUT2D eigenvalue weighted by Gasteiger charge is 2.31. The van der Waals surface area contributed by atoms with Crippen LogP contribution in [0.25, 0.3) is 33.8 Å². The van der Waals surface area contributed by atoms with E-state index in [4.69, 9.17) is 4.98 Å². The Morgan fingerprint density at radius 2 is 1.39 bits per heavy atom. The van der Waals surface area contributed by atoms with Crippen molar-refractivity contribution in [3.63, 3.8) is 0 Å². The Kier molecular flexibility index (Phi) is 7.31. The van der Waals surface area contributed by atoms with Gasteiger partial charge in [-0.25, -0.2) is 18.1 Å². The second-order valence-corrected chi connectivity index (χ2v) is 11.4. The molecule has 0 amide bonds. The lowest BCUT2D eigenvalue weighted by atomic mass is 10.0. The van der Waals surface area contributed by atoms with Gasteiger partial charge in [-0.05, 0) is 87.4 Å². The average molecular weight is 542 g/mol. The molecule has 0 fully saturated rings. The van der Waals surface area contributed by atoms with Crippen LogP contribution in [0.4, 0.5) is 13.2 Å². The Labute approximate surface area is 219 Å². The van der Waals surface area contributed by atoms with Gasteiger partial charge in [0.25, 0.3) is 0 Å². The van der Waals surface area contributed by atoms with Gasteiger partial charge in [-0.1, -0.05) is 30.3 Å². The first kappa shape index (κ1) is 27.3. The number of pyridine rings is 2. The fourth-order valence-corrected chi connectivity index (χ4v) is 5.30. The first-order valence-electron chi connectivity index (χ1n) is 11.7. The topological polar surface area (TPSA) is 81.2 Å². The molecule has 0 radical (unpaired) electrons. The third kappa shape index (κ3) is 6.96. The van der Waals surface area contributed by atoms with Gasteiger partial charge >= 0.3 is 6.36 Å². The number of alkyl halides is 3. The molecule has 2 heterocycles. The minimum Gasteiger partial charge on any atom is -0.406 e.